The summed E-state index contributed by atoms with van der Waals surface area (Å²) >= 11 is 3.89. The van der Waals surface area contributed by atoms with Gasteiger partial charge in [-0.25, -0.2) is 4.98 Å². The van der Waals surface area contributed by atoms with E-state index in [1.54, 1.807) is 0 Å². The van der Waals surface area contributed by atoms with Crippen LogP contribution in [0.3, 0.4) is 0 Å². The van der Waals surface area contributed by atoms with Crippen molar-refractivity contribution >= 4 is 98.5 Å². The summed E-state index contributed by atoms with van der Waals surface area (Å²) in [5.41, 5.74) is 8.20. The number of hydrogen-bond donors (Lipinski definition) is 0. The molecule has 3 heterocycles. The van der Waals surface area contributed by atoms with E-state index in [2.05, 4.69) is 196 Å². The molecule has 2 aromatic heterocycles. The van der Waals surface area contributed by atoms with Crippen molar-refractivity contribution in [2.75, 3.05) is 9.80 Å². The molecule has 5 heteroatoms. The van der Waals surface area contributed by atoms with Gasteiger partial charge in [-0.15, -0.1) is 23.1 Å². The molecular formula is C56H47N3S2. The summed E-state index contributed by atoms with van der Waals surface area (Å²) < 4.78 is 2.56. The number of aromatic nitrogens is 1. The van der Waals surface area contributed by atoms with Crippen molar-refractivity contribution in [1.82, 2.24) is 4.98 Å². The van der Waals surface area contributed by atoms with Gasteiger partial charge >= 0.3 is 0 Å². The molecule has 0 bridgehead atoms. The molecule has 11 rings (SSSR count). The lowest BCUT2D eigenvalue weighted by molar-refractivity contribution is 0.565. The van der Waals surface area contributed by atoms with E-state index in [1.165, 1.54) is 68.5 Å². The average molecular weight is 826 g/mol. The number of thiophene rings is 1. The van der Waals surface area contributed by atoms with Crippen LogP contribution in [-0.2, 0) is 0 Å². The topological polar surface area (TPSA) is 19.4 Å². The first kappa shape index (κ1) is 37.8. The zero-order valence-electron chi connectivity index (χ0n) is 35.0. The molecule has 0 amide bonds. The number of allylic oxidation sites excluding steroid dienone is 9. The van der Waals surface area contributed by atoms with Gasteiger partial charge in [0, 0.05) is 43.0 Å². The monoisotopic (exact) mass is 825 g/mol. The molecule has 298 valence electrons. The van der Waals surface area contributed by atoms with Crippen molar-refractivity contribution in [1.29, 1.82) is 0 Å². The highest BCUT2D eigenvalue weighted by Gasteiger charge is 2.48. The quantitative estimate of drug-likeness (QED) is 0.107. The van der Waals surface area contributed by atoms with Crippen LogP contribution >= 0.6 is 23.1 Å². The maximum Gasteiger partial charge on any atom is 0.133 e. The van der Waals surface area contributed by atoms with E-state index in [1.807, 2.05) is 35.4 Å². The minimum Gasteiger partial charge on any atom is -0.315 e. The van der Waals surface area contributed by atoms with Gasteiger partial charge in [-0.2, -0.15) is 0 Å². The standard InChI is InChI=1S/C56H47N3S2/c1-6-8-18-45(36(4)7-2)58(48-19-13-16-40-39-15-9-10-20-49(39)60-54(40)48)46-29-25-37-24-28-43-47(30-26-38-23-27-42(46)52(37)53(38)43)59(51-21-11-12-33-57-51)56(5)32-14-17-41-44-34-35(3)22-31-50(44)61-55(41)56/h6,8-33,35,55H,4,7,34H2,1-3,5H3/b8-6-,45-18+. The van der Waals surface area contributed by atoms with Crippen LogP contribution in [0.1, 0.15) is 40.5 Å². The van der Waals surface area contributed by atoms with Crippen LogP contribution in [-0.4, -0.2) is 15.8 Å². The fourth-order valence-corrected chi connectivity index (χ4v) is 12.8. The van der Waals surface area contributed by atoms with E-state index in [0.717, 1.165) is 47.0 Å². The molecule has 6 aromatic carbocycles. The van der Waals surface area contributed by atoms with E-state index in [9.17, 15) is 0 Å². The van der Waals surface area contributed by atoms with Gasteiger partial charge in [0.25, 0.3) is 0 Å². The highest BCUT2D eigenvalue weighted by atomic mass is 32.2. The molecule has 0 radical (unpaired) electrons. The van der Waals surface area contributed by atoms with Crippen LogP contribution < -0.4 is 9.80 Å². The van der Waals surface area contributed by atoms with Crippen molar-refractivity contribution in [3.63, 3.8) is 0 Å². The Labute approximate surface area is 366 Å². The third-order valence-corrected chi connectivity index (χ3v) is 15.9. The van der Waals surface area contributed by atoms with Crippen LogP contribution in [0.4, 0.5) is 22.9 Å². The van der Waals surface area contributed by atoms with Crippen LogP contribution in [0.15, 0.2) is 198 Å². The minimum atomic E-state index is -0.404. The fourth-order valence-electron chi connectivity index (χ4n) is 10.1. The lowest BCUT2D eigenvalue weighted by Crippen LogP contribution is -2.51. The second-order valence-electron chi connectivity index (χ2n) is 16.8. The third-order valence-electron chi connectivity index (χ3n) is 13.1. The molecule has 8 aromatic rings. The fraction of sp³-hybridized carbons (Fsp3) is 0.161. The van der Waals surface area contributed by atoms with Gasteiger partial charge in [-0.05, 0) is 113 Å². The Morgan fingerprint density at radius 3 is 2.34 bits per heavy atom. The molecule has 0 fully saturated rings. The van der Waals surface area contributed by atoms with E-state index >= 15 is 0 Å². The van der Waals surface area contributed by atoms with Crippen LogP contribution in [0.2, 0.25) is 0 Å². The maximum absolute atomic E-state index is 5.09. The normalized spacial score (nSPS) is 20.1. The number of thioether (sulfide) groups is 1. The van der Waals surface area contributed by atoms with Crippen molar-refractivity contribution in [2.45, 2.75) is 51.3 Å². The molecule has 3 aliphatic rings. The molecule has 61 heavy (non-hydrogen) atoms. The third kappa shape index (κ3) is 5.89. The first-order valence-electron chi connectivity index (χ1n) is 21.5. The molecule has 3 atom stereocenters. The largest absolute Gasteiger partial charge is 0.315 e. The number of rotatable bonds is 9. The molecule has 0 N–H and O–H groups in total. The zero-order valence-corrected chi connectivity index (χ0v) is 36.7. The second-order valence-corrected chi connectivity index (χ2v) is 19.0. The van der Waals surface area contributed by atoms with Gasteiger partial charge in [0.1, 0.15) is 5.82 Å². The molecule has 0 spiro atoms. The predicted octanol–water partition coefficient (Wildman–Crippen LogP) is 16.3. The Hall–Kier alpha value is -6.14. The number of fused-ring (bicyclic) bond motifs is 5. The summed E-state index contributed by atoms with van der Waals surface area (Å²) in [5, 5.41) is 10.2. The highest BCUT2D eigenvalue weighted by molar-refractivity contribution is 8.04. The lowest BCUT2D eigenvalue weighted by atomic mass is 9.79. The zero-order chi connectivity index (χ0) is 41.4. The Bertz CT molecular complexity index is 3270. The van der Waals surface area contributed by atoms with Gasteiger partial charge in [0.05, 0.1) is 32.6 Å². The Balaban J connectivity index is 1.15. The van der Waals surface area contributed by atoms with Crippen molar-refractivity contribution in [2.24, 2.45) is 5.92 Å². The molecule has 2 aliphatic carbocycles. The summed E-state index contributed by atoms with van der Waals surface area (Å²) in [6.45, 7) is 13.7. The van der Waals surface area contributed by atoms with E-state index in [-0.39, 0.29) is 5.25 Å². The second kappa shape index (κ2) is 14.8. The van der Waals surface area contributed by atoms with E-state index in [0.29, 0.717) is 5.92 Å². The van der Waals surface area contributed by atoms with Crippen LogP contribution in [0.5, 0.6) is 0 Å². The molecular weight excluding hydrogens is 779 g/mol. The predicted molar refractivity (Wildman–Crippen MR) is 267 cm³/mol. The molecule has 0 saturated carbocycles. The summed E-state index contributed by atoms with van der Waals surface area (Å²) in [6, 6.07) is 40.5. The first-order valence-corrected chi connectivity index (χ1v) is 23.2. The van der Waals surface area contributed by atoms with E-state index < -0.39 is 5.54 Å². The van der Waals surface area contributed by atoms with Crippen molar-refractivity contribution in [3.8, 4) is 0 Å². The number of pyridine rings is 1. The van der Waals surface area contributed by atoms with Crippen LogP contribution in [0, 0.1) is 5.92 Å². The number of nitrogens with zero attached hydrogens (tertiary/aromatic N) is 3. The summed E-state index contributed by atoms with van der Waals surface area (Å²) in [5.74, 6) is 1.48. The molecule has 0 saturated heterocycles. The summed E-state index contributed by atoms with van der Waals surface area (Å²) in [4.78, 5) is 11.5. The smallest absolute Gasteiger partial charge is 0.133 e. The number of hydrogen-bond acceptors (Lipinski definition) is 5. The maximum atomic E-state index is 5.09. The minimum absolute atomic E-state index is 0.212. The average Bonchev–Trinajstić information content (AvgIpc) is 3.87. The summed E-state index contributed by atoms with van der Waals surface area (Å²) in [6.07, 6.45) is 22.2. The number of anilines is 4. The summed E-state index contributed by atoms with van der Waals surface area (Å²) in [7, 11) is 0. The number of benzene rings is 6. The van der Waals surface area contributed by atoms with Gasteiger partial charge in [-0.1, -0.05) is 136 Å². The van der Waals surface area contributed by atoms with Gasteiger partial charge in [0.2, 0.25) is 0 Å². The molecule has 3 nitrogen and oxygen atoms in total. The van der Waals surface area contributed by atoms with Crippen molar-refractivity contribution in [3.05, 3.63) is 198 Å². The van der Waals surface area contributed by atoms with Crippen LogP contribution in [0.25, 0.3) is 52.5 Å². The Morgan fingerprint density at radius 1 is 0.836 bits per heavy atom. The highest BCUT2D eigenvalue weighted by Crippen LogP contribution is 2.56. The molecule has 3 unspecified atom stereocenters. The SMILES string of the molecule is C=C(CC)/C(=C\C=C/C)N(c1ccc2ccc3c(N(c4ccccn4)C4(C)C=CC=C5C6=C(C=CC(C)C6)SC54)ccc4ccc1c2c43)c1cccc2c1sc1ccccc12. The van der Waals surface area contributed by atoms with Crippen molar-refractivity contribution < 1.29 is 0 Å². The van der Waals surface area contributed by atoms with Gasteiger partial charge in [-0.3, -0.25) is 0 Å². The van der Waals surface area contributed by atoms with E-state index in [4.69, 9.17) is 4.98 Å². The first-order chi connectivity index (χ1) is 29.9. The Morgan fingerprint density at radius 2 is 1.57 bits per heavy atom. The lowest BCUT2D eigenvalue weighted by Gasteiger charge is -2.46. The van der Waals surface area contributed by atoms with Gasteiger partial charge < -0.3 is 9.80 Å². The Kier molecular flexibility index (Phi) is 9.17. The molecule has 1 aliphatic heterocycles. The van der Waals surface area contributed by atoms with Gasteiger partial charge in [0.15, 0.2) is 0 Å².